The van der Waals surface area contributed by atoms with Crippen LogP contribution in [0.2, 0.25) is 19.6 Å². The molecule has 0 aliphatic carbocycles. The molecule has 0 amide bonds. The molecule has 3 heterocycles. The van der Waals surface area contributed by atoms with Gasteiger partial charge in [-0.05, 0) is 88.2 Å². The molecule has 49 heavy (non-hydrogen) atoms. The van der Waals surface area contributed by atoms with Gasteiger partial charge in [0.2, 0.25) is 0 Å². The zero-order valence-electron chi connectivity index (χ0n) is 29.1. The van der Waals surface area contributed by atoms with E-state index in [4.69, 9.17) is 9.97 Å². The lowest BCUT2D eigenvalue weighted by atomic mass is 9.84. The molecule has 5 aromatic carbocycles. The first-order chi connectivity index (χ1) is 23.5. The second-order valence-electron chi connectivity index (χ2n) is 15.2. The predicted octanol–water partition coefficient (Wildman–Crippen LogP) is 11.9. The molecular formula is C45H41N3Si. The monoisotopic (exact) mass is 651 g/mol. The number of rotatable bonds is 5. The molecule has 1 aliphatic rings. The molecule has 0 unspecified atom stereocenters. The van der Waals surface area contributed by atoms with Crippen molar-refractivity contribution in [2.24, 2.45) is 0 Å². The van der Waals surface area contributed by atoms with Crippen molar-refractivity contribution in [1.82, 2.24) is 9.97 Å². The Labute approximate surface area is 291 Å². The van der Waals surface area contributed by atoms with Crippen molar-refractivity contribution >= 4 is 41.1 Å². The largest absolute Gasteiger partial charge is 0.309 e. The van der Waals surface area contributed by atoms with E-state index in [0.717, 1.165) is 50.7 Å². The van der Waals surface area contributed by atoms with Gasteiger partial charge in [0.1, 0.15) is 0 Å². The molecule has 1 aliphatic heterocycles. The first-order valence-electron chi connectivity index (χ1n) is 17.2. The summed E-state index contributed by atoms with van der Waals surface area (Å²) in [5.74, 6) is 0. The summed E-state index contributed by atoms with van der Waals surface area (Å²) in [6.45, 7) is 14.1. The topological polar surface area (TPSA) is 29.0 Å². The third kappa shape index (κ3) is 5.66. The van der Waals surface area contributed by atoms with Gasteiger partial charge in [0, 0.05) is 34.0 Å². The van der Waals surface area contributed by atoms with Gasteiger partial charge in [-0.2, -0.15) is 0 Å². The highest BCUT2D eigenvalue weighted by atomic mass is 28.3. The van der Waals surface area contributed by atoms with Crippen LogP contribution in [-0.2, 0) is 5.41 Å². The SMILES string of the molecule is CC(C)(C)c1cc(-c2cc(-c3ccccc3)ccn2)cc(-c2cc3cc([Si](C)(C)C)cc4c3c(n2)-c2ccccc2N4c2ccccc2)c1. The Morgan fingerprint density at radius 3 is 1.96 bits per heavy atom. The number of hydrogen-bond donors (Lipinski definition) is 0. The van der Waals surface area contributed by atoms with Crippen LogP contribution in [-0.4, -0.2) is 18.0 Å². The van der Waals surface area contributed by atoms with Crippen LogP contribution < -0.4 is 10.1 Å². The first kappa shape index (κ1) is 31.0. The lowest BCUT2D eigenvalue weighted by Crippen LogP contribution is -2.38. The zero-order chi connectivity index (χ0) is 33.9. The molecule has 0 saturated carbocycles. The Balaban J connectivity index is 1.39. The van der Waals surface area contributed by atoms with Crippen molar-refractivity contribution in [1.29, 1.82) is 0 Å². The molecule has 0 radical (unpaired) electrons. The standard InChI is InChI=1S/C45H41N3Si/c1-45(2,3)35-24-32(39-27-31(21-22-46-39)30-15-9-7-10-16-30)23-33(25-35)40-28-34-26-37(49(4,5)6)29-42-43(34)44(47-40)38-19-13-14-20-41(38)48(42)36-17-11-8-12-18-36/h7-29H,1-6H3. The fourth-order valence-electron chi connectivity index (χ4n) is 6.94. The number of aromatic nitrogens is 2. The summed E-state index contributed by atoms with van der Waals surface area (Å²) < 4.78 is 0. The van der Waals surface area contributed by atoms with E-state index >= 15 is 0 Å². The smallest absolute Gasteiger partial charge is 0.0830 e. The van der Waals surface area contributed by atoms with Crippen LogP contribution in [0.5, 0.6) is 0 Å². The molecule has 4 heteroatoms. The number of nitrogens with zero attached hydrogens (tertiary/aromatic N) is 3. The molecule has 3 nitrogen and oxygen atoms in total. The van der Waals surface area contributed by atoms with Crippen LogP contribution in [0.1, 0.15) is 26.3 Å². The fourth-order valence-corrected chi connectivity index (χ4v) is 8.10. The van der Waals surface area contributed by atoms with Crippen LogP contribution in [0.15, 0.2) is 140 Å². The molecule has 7 aromatic rings. The first-order valence-corrected chi connectivity index (χ1v) is 20.7. The summed E-state index contributed by atoms with van der Waals surface area (Å²) in [4.78, 5) is 12.9. The second kappa shape index (κ2) is 11.7. The minimum absolute atomic E-state index is 0.0616. The van der Waals surface area contributed by atoms with E-state index in [1.54, 1.807) is 0 Å². The summed E-state index contributed by atoms with van der Waals surface area (Å²) >= 11 is 0. The Morgan fingerprint density at radius 1 is 0.571 bits per heavy atom. The molecule has 0 spiro atoms. The highest BCUT2D eigenvalue weighted by Gasteiger charge is 2.30. The number of benzene rings is 5. The van der Waals surface area contributed by atoms with Crippen LogP contribution >= 0.6 is 0 Å². The highest BCUT2D eigenvalue weighted by molar-refractivity contribution is 6.89. The maximum Gasteiger partial charge on any atom is 0.0830 e. The Hall–Kier alpha value is -5.32. The van der Waals surface area contributed by atoms with E-state index in [9.17, 15) is 0 Å². The zero-order valence-corrected chi connectivity index (χ0v) is 30.1. The van der Waals surface area contributed by atoms with Crippen molar-refractivity contribution < 1.29 is 0 Å². The van der Waals surface area contributed by atoms with Gasteiger partial charge in [0.05, 0.1) is 36.5 Å². The van der Waals surface area contributed by atoms with E-state index in [-0.39, 0.29) is 5.41 Å². The Morgan fingerprint density at radius 2 is 1.24 bits per heavy atom. The van der Waals surface area contributed by atoms with Gasteiger partial charge in [-0.15, -0.1) is 0 Å². The average molecular weight is 652 g/mol. The third-order valence-corrected chi connectivity index (χ3v) is 11.7. The molecule has 0 bridgehead atoms. The van der Waals surface area contributed by atoms with Gasteiger partial charge in [-0.3, -0.25) is 4.98 Å². The van der Waals surface area contributed by atoms with Crippen molar-refractivity contribution in [2.45, 2.75) is 45.8 Å². The molecule has 2 aromatic heterocycles. The number of para-hydroxylation sites is 2. The molecular weight excluding hydrogens is 611 g/mol. The van der Waals surface area contributed by atoms with Crippen LogP contribution in [0.3, 0.4) is 0 Å². The Bertz CT molecular complexity index is 2350. The van der Waals surface area contributed by atoms with Crippen LogP contribution in [0.25, 0.3) is 55.7 Å². The number of fused-ring (bicyclic) bond motifs is 2. The predicted molar refractivity (Wildman–Crippen MR) is 211 cm³/mol. The number of pyridine rings is 2. The molecule has 0 fully saturated rings. The second-order valence-corrected chi connectivity index (χ2v) is 20.3. The summed E-state index contributed by atoms with van der Waals surface area (Å²) in [5, 5.41) is 3.87. The minimum atomic E-state index is -1.69. The van der Waals surface area contributed by atoms with Crippen molar-refractivity contribution in [3.05, 3.63) is 145 Å². The number of hydrogen-bond acceptors (Lipinski definition) is 3. The summed E-state index contributed by atoms with van der Waals surface area (Å²) in [7, 11) is -1.69. The van der Waals surface area contributed by atoms with Gasteiger partial charge in [-0.25, -0.2) is 4.98 Å². The van der Waals surface area contributed by atoms with E-state index < -0.39 is 8.07 Å². The lowest BCUT2D eigenvalue weighted by molar-refractivity contribution is 0.590. The van der Waals surface area contributed by atoms with Crippen molar-refractivity contribution in [3.8, 4) is 44.9 Å². The molecule has 240 valence electrons. The molecule has 0 N–H and O–H groups in total. The summed E-state index contributed by atoms with van der Waals surface area (Å²) in [5.41, 5.74) is 13.4. The van der Waals surface area contributed by atoms with Gasteiger partial charge in [0.25, 0.3) is 0 Å². The van der Waals surface area contributed by atoms with E-state index in [0.29, 0.717) is 0 Å². The fraction of sp³-hybridized carbons (Fsp3) is 0.156. The van der Waals surface area contributed by atoms with E-state index in [1.807, 2.05) is 6.20 Å². The minimum Gasteiger partial charge on any atom is -0.309 e. The summed E-state index contributed by atoms with van der Waals surface area (Å²) in [6.07, 6.45) is 1.92. The maximum absolute atomic E-state index is 5.55. The van der Waals surface area contributed by atoms with Crippen LogP contribution in [0, 0.1) is 0 Å². The van der Waals surface area contributed by atoms with Gasteiger partial charge >= 0.3 is 0 Å². The van der Waals surface area contributed by atoms with Gasteiger partial charge in [0.15, 0.2) is 0 Å². The van der Waals surface area contributed by atoms with Gasteiger partial charge in [-0.1, -0.05) is 118 Å². The average Bonchev–Trinajstić information content (AvgIpc) is 3.11. The molecule has 8 rings (SSSR count). The van der Waals surface area contributed by atoms with Gasteiger partial charge < -0.3 is 4.90 Å². The maximum atomic E-state index is 5.55. The third-order valence-electron chi connectivity index (χ3n) is 9.69. The van der Waals surface area contributed by atoms with E-state index in [2.05, 4.69) is 179 Å². The van der Waals surface area contributed by atoms with Crippen molar-refractivity contribution in [3.63, 3.8) is 0 Å². The van der Waals surface area contributed by atoms with E-state index in [1.165, 1.54) is 32.8 Å². The van der Waals surface area contributed by atoms with Crippen molar-refractivity contribution in [2.75, 3.05) is 4.90 Å². The Kier molecular flexibility index (Phi) is 7.38. The highest BCUT2D eigenvalue weighted by Crippen LogP contribution is 2.50. The summed E-state index contributed by atoms with van der Waals surface area (Å²) in [6, 6.07) is 48.4. The number of anilines is 3. The normalized spacial score (nSPS) is 12.7. The molecule has 0 saturated heterocycles. The molecule has 0 atom stereocenters. The lowest BCUT2D eigenvalue weighted by Gasteiger charge is -2.34. The van der Waals surface area contributed by atoms with Crippen LogP contribution in [0.4, 0.5) is 17.1 Å². The quantitative estimate of drug-likeness (QED) is 0.173.